The number of fused-ring (bicyclic) bond motifs is 2. The summed E-state index contributed by atoms with van der Waals surface area (Å²) in [5, 5.41) is 16.3. The number of benzene rings is 2. The maximum atomic E-state index is 13.4. The van der Waals surface area contributed by atoms with Crippen LogP contribution in [0.15, 0.2) is 85.5 Å². The van der Waals surface area contributed by atoms with E-state index in [4.69, 9.17) is 9.84 Å². The Labute approximate surface area is 434 Å². The van der Waals surface area contributed by atoms with Gasteiger partial charge in [-0.05, 0) is 121 Å². The fraction of sp³-hybridized carbons (Fsp3) is 0.412. The summed E-state index contributed by atoms with van der Waals surface area (Å²) < 4.78 is 112. The van der Waals surface area contributed by atoms with E-state index in [9.17, 15) is 54.3 Å². The minimum absolute atomic E-state index is 0. The standard InChI is InChI=1S/C26H25F4N3O3.C25H23F4N3O3.Na.H2O/c1-36-20(34)11-24-13-25(14-24,15-24)32-23(35)19-12-33(9-7-27)22-21(19)17(6-8-31-22)10-16-2-4-18(5-3-16)26(28,29)30;26-6-8-32-11-18(22(35)31-24-12-23(13-24,14-24)10-19(33)34)20-16(5-7-30-21(20)32)9-15-1-3-17(4-2-15)25(27,28)29;;/h2-6,8,12H,7,9-11,13-15H2,1H3,(H,32,35);1-5,7,11H,6,8-10,12-14H2,(H,31,35)(H,33,34);;1H2/q;;+1;/p-1. The Hall–Kier alpha value is -5.90. The van der Waals surface area contributed by atoms with E-state index in [-0.39, 0.29) is 102 Å². The zero-order valence-corrected chi connectivity index (χ0v) is 41.7. The first kappa shape index (κ1) is 54.9. The van der Waals surface area contributed by atoms with Gasteiger partial charge in [-0.3, -0.25) is 19.2 Å². The summed E-state index contributed by atoms with van der Waals surface area (Å²) in [7, 11) is 1.36. The number of hydrogen-bond acceptors (Lipinski definition) is 8. The molecule has 0 radical (unpaired) electrons. The third-order valence-electron chi connectivity index (χ3n) is 14.5. The number of aliphatic carboxylic acids is 1. The molecular weight excluding hydrogens is 984 g/mol. The van der Waals surface area contributed by atoms with Gasteiger partial charge in [0, 0.05) is 46.6 Å². The Morgan fingerprint density at radius 1 is 0.630 bits per heavy atom. The summed E-state index contributed by atoms with van der Waals surface area (Å²) in [6.45, 7) is -1.27. The van der Waals surface area contributed by atoms with Gasteiger partial charge in [-0.15, -0.1) is 0 Å². The molecule has 6 aliphatic carbocycles. The number of methoxy groups -OCH3 is 1. The number of halogens is 8. The first-order valence-electron chi connectivity index (χ1n) is 22.9. The van der Waals surface area contributed by atoms with Crippen LogP contribution in [0.4, 0.5) is 35.1 Å². The quantitative estimate of drug-likeness (QED) is 0.0560. The Morgan fingerprint density at radius 3 is 1.33 bits per heavy atom. The van der Waals surface area contributed by atoms with Crippen molar-refractivity contribution in [2.45, 2.75) is 101 Å². The first-order chi connectivity index (χ1) is 33.6. The number of esters is 1. The Kier molecular flexibility index (Phi) is 15.4. The minimum atomic E-state index is -4.43. The molecule has 0 spiro atoms. The van der Waals surface area contributed by atoms with Gasteiger partial charge in [-0.2, -0.15) is 26.3 Å². The number of aryl methyl sites for hydroxylation is 2. The largest absolute Gasteiger partial charge is 1.00 e. The Morgan fingerprint density at radius 2 is 1.00 bits per heavy atom. The van der Waals surface area contributed by atoms with Crippen LogP contribution in [0.5, 0.6) is 0 Å². The predicted octanol–water partition coefficient (Wildman–Crippen LogP) is 6.40. The van der Waals surface area contributed by atoms with Crippen molar-refractivity contribution in [1.82, 2.24) is 29.7 Å². The molecule has 0 saturated heterocycles. The van der Waals surface area contributed by atoms with E-state index in [0.29, 0.717) is 100 Å². The average Bonchev–Trinajstić information content (AvgIpc) is 3.84. The molecule has 22 heteroatoms. The van der Waals surface area contributed by atoms with Crippen molar-refractivity contribution >= 4 is 45.8 Å². The van der Waals surface area contributed by atoms with Crippen molar-refractivity contribution in [2.24, 2.45) is 10.8 Å². The molecule has 0 atom stereocenters. The molecule has 73 heavy (non-hydrogen) atoms. The van der Waals surface area contributed by atoms with Gasteiger partial charge in [0.2, 0.25) is 0 Å². The van der Waals surface area contributed by atoms with Crippen molar-refractivity contribution in [3.63, 3.8) is 0 Å². The zero-order chi connectivity index (χ0) is 50.7. The number of amides is 2. The number of carbonyl (C=O) groups excluding carboxylic acids is 3. The second-order valence-corrected chi connectivity index (χ2v) is 19.8. The monoisotopic (exact) mass is 1030 g/mol. The normalized spacial score (nSPS) is 22.2. The molecule has 4 aromatic heterocycles. The molecule has 2 aromatic carbocycles. The molecule has 0 aliphatic heterocycles. The summed E-state index contributed by atoms with van der Waals surface area (Å²) in [4.78, 5) is 58.1. The summed E-state index contributed by atoms with van der Waals surface area (Å²) >= 11 is 0. The fourth-order valence-corrected chi connectivity index (χ4v) is 11.7. The van der Waals surface area contributed by atoms with E-state index in [1.807, 2.05) is 0 Å². The van der Waals surface area contributed by atoms with Crippen LogP contribution in [-0.2, 0) is 52.6 Å². The van der Waals surface area contributed by atoms with E-state index in [1.165, 1.54) is 37.6 Å². The van der Waals surface area contributed by atoms with E-state index in [2.05, 4.69) is 20.6 Å². The number of alkyl halides is 8. The molecule has 382 valence electrons. The zero-order valence-electron chi connectivity index (χ0n) is 39.7. The van der Waals surface area contributed by atoms with Gasteiger partial charge < -0.3 is 35.1 Å². The molecule has 6 fully saturated rings. The molecule has 12 rings (SSSR count). The second-order valence-electron chi connectivity index (χ2n) is 19.8. The smallest absolute Gasteiger partial charge is 0.870 e. The number of nitrogens with zero attached hydrogens (tertiary/aromatic N) is 4. The summed E-state index contributed by atoms with van der Waals surface area (Å²) in [6.07, 6.45) is 2.25. The SMILES string of the molecule is COC(=O)CC12CC(NC(=O)c3cn(CCF)c4nccc(Cc5ccc(C(F)(F)F)cc5)c34)(C1)C2.O=C(O)CC12CC(NC(=O)c3cn(CCF)c4nccc(Cc5ccc(C(F)(F)F)cc5)c34)(C1)C2.[Na+].[OH-]. The van der Waals surface area contributed by atoms with Crippen LogP contribution in [0.1, 0.15) is 105 Å². The molecule has 4 heterocycles. The number of aromatic nitrogens is 4. The molecule has 13 nitrogen and oxygen atoms in total. The van der Waals surface area contributed by atoms with Crippen LogP contribution in [0.2, 0.25) is 0 Å². The van der Waals surface area contributed by atoms with Gasteiger partial charge in [0.05, 0.1) is 55.3 Å². The van der Waals surface area contributed by atoms with E-state index in [0.717, 1.165) is 24.3 Å². The van der Waals surface area contributed by atoms with Gasteiger partial charge in [0.1, 0.15) is 24.6 Å². The summed E-state index contributed by atoms with van der Waals surface area (Å²) in [6, 6.07) is 13.2. The minimum Gasteiger partial charge on any atom is -0.870 e. The van der Waals surface area contributed by atoms with Crippen molar-refractivity contribution in [2.75, 3.05) is 20.5 Å². The van der Waals surface area contributed by atoms with E-state index in [1.54, 1.807) is 39.9 Å². The number of ether oxygens (including phenoxy) is 1. The van der Waals surface area contributed by atoms with Gasteiger partial charge in [-0.25, -0.2) is 18.7 Å². The molecule has 0 unspecified atom stereocenters. The molecule has 6 aromatic rings. The third-order valence-corrected chi connectivity index (χ3v) is 14.5. The number of carboxylic acid groups (broad SMARTS) is 1. The number of nitrogens with one attached hydrogen (secondary N) is 2. The number of pyridine rings is 2. The van der Waals surface area contributed by atoms with Gasteiger partial charge in [0.15, 0.2) is 0 Å². The topological polar surface area (TPSA) is 187 Å². The summed E-state index contributed by atoms with van der Waals surface area (Å²) in [5.41, 5.74) is 1.60. The maximum absolute atomic E-state index is 13.4. The molecule has 6 aliphatic rings. The number of carboxylic acids is 1. The van der Waals surface area contributed by atoms with E-state index < -0.39 is 48.3 Å². The molecule has 6 saturated carbocycles. The van der Waals surface area contributed by atoms with Crippen LogP contribution in [-0.4, -0.2) is 85.0 Å². The second kappa shape index (κ2) is 20.4. The van der Waals surface area contributed by atoms with Crippen LogP contribution < -0.4 is 40.2 Å². The van der Waals surface area contributed by atoms with Crippen LogP contribution in [0, 0.1) is 10.8 Å². The summed E-state index contributed by atoms with van der Waals surface area (Å²) in [5.74, 6) is -1.77. The van der Waals surface area contributed by atoms with Crippen molar-refractivity contribution in [1.29, 1.82) is 0 Å². The van der Waals surface area contributed by atoms with Gasteiger partial charge in [-0.1, -0.05) is 24.3 Å². The van der Waals surface area contributed by atoms with Crippen molar-refractivity contribution in [3.8, 4) is 0 Å². The van der Waals surface area contributed by atoms with Crippen LogP contribution in [0.25, 0.3) is 22.1 Å². The fourth-order valence-electron chi connectivity index (χ4n) is 11.7. The van der Waals surface area contributed by atoms with Crippen molar-refractivity contribution in [3.05, 3.63) is 130 Å². The van der Waals surface area contributed by atoms with Gasteiger partial charge >= 0.3 is 53.8 Å². The Bertz CT molecular complexity index is 3030. The molecule has 2 amide bonds. The number of hydrogen-bond donors (Lipinski definition) is 3. The third kappa shape index (κ3) is 10.9. The Balaban J connectivity index is 0.000000208. The van der Waals surface area contributed by atoms with E-state index >= 15 is 0 Å². The maximum Gasteiger partial charge on any atom is 1.00 e. The molecule has 4 N–H and O–H groups in total. The van der Waals surface area contributed by atoms with Gasteiger partial charge in [0.25, 0.3) is 11.8 Å². The first-order valence-corrected chi connectivity index (χ1v) is 22.9. The predicted molar refractivity (Wildman–Crippen MR) is 244 cm³/mol. The molecular formula is C51H49F8N6NaO7. The van der Waals surface area contributed by atoms with Crippen LogP contribution >= 0.6 is 0 Å². The number of carbonyl (C=O) groups is 4. The van der Waals surface area contributed by atoms with Crippen LogP contribution in [0.3, 0.4) is 0 Å². The number of rotatable bonds is 16. The average molecular weight is 1030 g/mol. The van der Waals surface area contributed by atoms with Crippen molar-refractivity contribution < 1.29 is 99.2 Å². The molecule has 4 bridgehead atoms.